The number of aromatic nitrogens is 3. The molecule has 5 aromatic carbocycles. The van der Waals surface area contributed by atoms with Crippen LogP contribution in [0.5, 0.6) is 0 Å². The summed E-state index contributed by atoms with van der Waals surface area (Å²) in [5, 5.41) is 2.84. The molecule has 0 radical (unpaired) electrons. The number of nitrogens with zero attached hydrogens (tertiary/aromatic N) is 3. The molecule has 218 valence electrons. The molecule has 0 saturated heterocycles. The van der Waals surface area contributed by atoms with Crippen molar-refractivity contribution in [1.29, 1.82) is 0 Å². The van der Waals surface area contributed by atoms with Gasteiger partial charge in [-0.25, -0.2) is 15.0 Å². The molecular weight excluding hydrogens is 567 g/mol. The monoisotopic (exact) mass is 605 g/mol. The van der Waals surface area contributed by atoms with E-state index in [4.69, 9.17) is 15.0 Å². The molecule has 44 heavy (non-hydrogen) atoms. The molecule has 0 aliphatic heterocycles. The average molecular weight is 606 g/mol. The predicted octanol–water partition coefficient (Wildman–Crippen LogP) is 9.30. The molecule has 0 amide bonds. The first-order valence-corrected chi connectivity index (χ1v) is 22.3. The molecule has 3 nitrogen and oxygen atoms in total. The summed E-state index contributed by atoms with van der Waals surface area (Å²) in [7, 11) is -2.84. The fourth-order valence-electron chi connectivity index (χ4n) is 5.35. The van der Waals surface area contributed by atoms with Crippen molar-refractivity contribution >= 4 is 26.5 Å². The highest BCUT2D eigenvalue weighted by Crippen LogP contribution is 2.30. The Morgan fingerprint density at radius 3 is 1.09 bits per heavy atom. The minimum absolute atomic E-state index is 0.676. The highest BCUT2D eigenvalue weighted by Gasteiger charge is 2.19. The molecule has 1 aromatic heterocycles. The van der Waals surface area contributed by atoms with Gasteiger partial charge in [0, 0.05) is 16.7 Å². The molecule has 6 rings (SSSR count). The largest absolute Gasteiger partial charge is 0.208 e. The lowest BCUT2D eigenvalue weighted by molar-refractivity contribution is 1.07. The van der Waals surface area contributed by atoms with Crippen LogP contribution in [0.1, 0.15) is 0 Å². The maximum Gasteiger partial charge on any atom is 0.164 e. The van der Waals surface area contributed by atoms with E-state index in [0.717, 1.165) is 27.8 Å². The first-order valence-electron chi connectivity index (χ1n) is 15.3. The zero-order chi connectivity index (χ0) is 30.9. The van der Waals surface area contributed by atoms with Gasteiger partial charge in [-0.2, -0.15) is 0 Å². The predicted molar refractivity (Wildman–Crippen MR) is 193 cm³/mol. The summed E-state index contributed by atoms with van der Waals surface area (Å²) in [6.45, 7) is 14.2. The standard InChI is InChI=1S/C39H39N3Si2/c1-43(2,3)35-22-18-29(19-23-35)37-40-38(30-20-24-36(25-21-30)44(4,5)6)42-39(41-37)34-17-11-16-33(27-34)32-15-10-14-31(26-32)28-12-8-7-9-13-28/h7-27H,1-6H3. The van der Waals surface area contributed by atoms with Crippen molar-refractivity contribution in [2.45, 2.75) is 39.3 Å². The second-order valence-electron chi connectivity index (χ2n) is 13.5. The average Bonchev–Trinajstić information content (AvgIpc) is 3.04. The Hall–Kier alpha value is -4.46. The quantitative estimate of drug-likeness (QED) is 0.170. The van der Waals surface area contributed by atoms with Crippen LogP contribution in [-0.4, -0.2) is 31.1 Å². The molecule has 0 unspecified atom stereocenters. The summed E-state index contributed by atoms with van der Waals surface area (Å²) in [4.78, 5) is 15.1. The van der Waals surface area contributed by atoms with Crippen molar-refractivity contribution in [3.05, 3.63) is 127 Å². The minimum atomic E-state index is -1.42. The van der Waals surface area contributed by atoms with E-state index >= 15 is 0 Å². The molecule has 0 bridgehead atoms. The molecule has 1 heterocycles. The summed E-state index contributed by atoms with van der Waals surface area (Å²) < 4.78 is 0. The van der Waals surface area contributed by atoms with Gasteiger partial charge in [0.25, 0.3) is 0 Å². The van der Waals surface area contributed by atoms with Crippen LogP contribution in [0.4, 0.5) is 0 Å². The van der Waals surface area contributed by atoms with Gasteiger partial charge in [-0.1, -0.05) is 165 Å². The lowest BCUT2D eigenvalue weighted by atomic mass is 9.98. The molecule has 0 atom stereocenters. The Morgan fingerprint density at radius 1 is 0.318 bits per heavy atom. The Bertz CT molecular complexity index is 1830. The number of rotatable bonds is 7. The van der Waals surface area contributed by atoms with Gasteiger partial charge in [-0.05, 0) is 34.4 Å². The summed E-state index contributed by atoms with van der Waals surface area (Å²) in [5.74, 6) is 2.06. The van der Waals surface area contributed by atoms with Crippen LogP contribution < -0.4 is 10.4 Å². The van der Waals surface area contributed by atoms with Crippen LogP contribution in [-0.2, 0) is 0 Å². The Kier molecular flexibility index (Phi) is 8.01. The van der Waals surface area contributed by atoms with Crippen molar-refractivity contribution in [2.75, 3.05) is 0 Å². The summed E-state index contributed by atoms with van der Waals surface area (Å²) in [6, 6.07) is 45.4. The van der Waals surface area contributed by atoms with Crippen molar-refractivity contribution in [2.24, 2.45) is 0 Å². The fourth-order valence-corrected chi connectivity index (χ4v) is 7.68. The van der Waals surface area contributed by atoms with Gasteiger partial charge in [0.1, 0.15) is 0 Å². The van der Waals surface area contributed by atoms with E-state index in [0.29, 0.717) is 17.5 Å². The van der Waals surface area contributed by atoms with Crippen LogP contribution in [0, 0.1) is 0 Å². The van der Waals surface area contributed by atoms with E-state index in [9.17, 15) is 0 Å². The molecule has 0 aliphatic rings. The van der Waals surface area contributed by atoms with E-state index in [-0.39, 0.29) is 0 Å². The first-order chi connectivity index (χ1) is 21.0. The third-order valence-electron chi connectivity index (χ3n) is 8.08. The second kappa shape index (κ2) is 11.9. The van der Waals surface area contributed by atoms with Crippen molar-refractivity contribution in [3.63, 3.8) is 0 Å². The first kappa shape index (κ1) is 29.6. The van der Waals surface area contributed by atoms with Gasteiger partial charge >= 0.3 is 0 Å². The maximum atomic E-state index is 5.04. The van der Waals surface area contributed by atoms with Gasteiger partial charge in [-0.15, -0.1) is 0 Å². The maximum absolute atomic E-state index is 5.04. The highest BCUT2D eigenvalue weighted by atomic mass is 28.3. The Balaban J connectivity index is 1.44. The third kappa shape index (κ3) is 6.54. The van der Waals surface area contributed by atoms with Crippen LogP contribution in [0.25, 0.3) is 56.4 Å². The smallest absolute Gasteiger partial charge is 0.164 e. The van der Waals surface area contributed by atoms with Crippen molar-refractivity contribution in [3.8, 4) is 56.4 Å². The molecular formula is C39H39N3Si2. The zero-order valence-electron chi connectivity index (χ0n) is 26.5. The SMILES string of the molecule is C[Si](C)(C)c1ccc(-c2nc(-c3ccc([Si](C)(C)C)cc3)nc(-c3cccc(-c4cccc(-c5ccccc5)c4)c3)n2)cc1. The lowest BCUT2D eigenvalue weighted by Crippen LogP contribution is -2.37. The fraction of sp³-hybridized carbons (Fsp3) is 0.154. The molecule has 0 saturated carbocycles. The van der Waals surface area contributed by atoms with E-state index < -0.39 is 16.1 Å². The number of hydrogen-bond donors (Lipinski definition) is 0. The van der Waals surface area contributed by atoms with Gasteiger partial charge < -0.3 is 0 Å². The van der Waals surface area contributed by atoms with Crippen molar-refractivity contribution in [1.82, 2.24) is 15.0 Å². The number of benzene rings is 5. The minimum Gasteiger partial charge on any atom is -0.208 e. The van der Waals surface area contributed by atoms with Crippen LogP contribution in [0.15, 0.2) is 127 Å². The van der Waals surface area contributed by atoms with Gasteiger partial charge in [0.2, 0.25) is 0 Å². The second-order valence-corrected chi connectivity index (χ2v) is 23.6. The molecule has 0 aliphatic carbocycles. The van der Waals surface area contributed by atoms with E-state index in [2.05, 4.69) is 167 Å². The summed E-state index contributed by atoms with van der Waals surface area (Å²) >= 11 is 0. The number of hydrogen-bond acceptors (Lipinski definition) is 3. The van der Waals surface area contributed by atoms with E-state index in [1.165, 1.54) is 21.5 Å². The Labute approximate surface area is 263 Å². The summed E-state index contributed by atoms with van der Waals surface area (Å²) in [5.41, 5.74) is 7.66. The molecule has 5 heteroatoms. The van der Waals surface area contributed by atoms with Gasteiger partial charge in [0.15, 0.2) is 17.5 Å². The topological polar surface area (TPSA) is 38.7 Å². The van der Waals surface area contributed by atoms with E-state index in [1.54, 1.807) is 0 Å². The molecule has 6 aromatic rings. The third-order valence-corrected chi connectivity index (χ3v) is 12.2. The van der Waals surface area contributed by atoms with Gasteiger partial charge in [-0.3, -0.25) is 0 Å². The van der Waals surface area contributed by atoms with Crippen LogP contribution in [0.3, 0.4) is 0 Å². The molecule has 0 N–H and O–H groups in total. The summed E-state index contributed by atoms with van der Waals surface area (Å²) in [6.07, 6.45) is 0. The lowest BCUT2D eigenvalue weighted by Gasteiger charge is -2.17. The molecule has 0 fully saturated rings. The molecule has 0 spiro atoms. The van der Waals surface area contributed by atoms with Crippen LogP contribution >= 0.6 is 0 Å². The Morgan fingerprint density at radius 2 is 0.659 bits per heavy atom. The van der Waals surface area contributed by atoms with Crippen LogP contribution in [0.2, 0.25) is 39.3 Å². The van der Waals surface area contributed by atoms with Crippen molar-refractivity contribution < 1.29 is 0 Å². The highest BCUT2D eigenvalue weighted by molar-refractivity contribution is 6.89. The normalized spacial score (nSPS) is 11.9. The van der Waals surface area contributed by atoms with Gasteiger partial charge in [0.05, 0.1) is 16.1 Å². The zero-order valence-corrected chi connectivity index (χ0v) is 28.5. The van der Waals surface area contributed by atoms with E-state index in [1.807, 2.05) is 0 Å².